The molecule has 2 rings (SSSR count). The van der Waals surface area contributed by atoms with E-state index in [1.54, 1.807) is 19.2 Å². The Morgan fingerprint density at radius 2 is 2.10 bits per heavy atom. The Balaban J connectivity index is 2.12. The second-order valence-electron chi connectivity index (χ2n) is 4.28. The largest absolute Gasteiger partial charge is 0.496 e. The number of nitrogens with zero attached hydrogens (tertiary/aromatic N) is 1. The minimum atomic E-state index is -0.628. The highest BCUT2D eigenvalue weighted by atomic mass is 79.9. The van der Waals surface area contributed by atoms with Crippen LogP contribution in [0.5, 0.6) is 5.75 Å². The number of ether oxygens (including phenoxy) is 1. The van der Waals surface area contributed by atoms with Gasteiger partial charge in [-0.1, -0.05) is 0 Å². The predicted octanol–water partition coefficient (Wildman–Crippen LogP) is 4.12. The van der Waals surface area contributed by atoms with Gasteiger partial charge in [0.1, 0.15) is 11.6 Å². The van der Waals surface area contributed by atoms with Gasteiger partial charge in [0, 0.05) is 18.3 Å². The van der Waals surface area contributed by atoms with Gasteiger partial charge in [0.2, 0.25) is 0 Å². The molecule has 0 aliphatic rings. The molecule has 5 nitrogen and oxygen atoms in total. The lowest BCUT2D eigenvalue weighted by molar-refractivity contribution is -0.385. The molecule has 0 heterocycles. The second kappa shape index (κ2) is 6.53. The third-order valence-electron chi connectivity index (χ3n) is 2.80. The molecule has 1 N–H and O–H groups in total. The molecule has 0 fully saturated rings. The van der Waals surface area contributed by atoms with E-state index < -0.39 is 10.7 Å². The van der Waals surface area contributed by atoms with Gasteiger partial charge in [-0.25, -0.2) is 4.39 Å². The number of benzene rings is 2. The fourth-order valence-corrected chi connectivity index (χ4v) is 2.36. The van der Waals surface area contributed by atoms with Gasteiger partial charge in [0.25, 0.3) is 5.69 Å². The molecule has 0 unspecified atom stereocenters. The van der Waals surface area contributed by atoms with Crippen molar-refractivity contribution in [2.24, 2.45) is 0 Å². The summed E-state index contributed by atoms with van der Waals surface area (Å²) in [4.78, 5) is 10.1. The van der Waals surface area contributed by atoms with Crippen LogP contribution in [0.2, 0.25) is 0 Å². The van der Waals surface area contributed by atoms with Crippen LogP contribution < -0.4 is 10.1 Å². The summed E-state index contributed by atoms with van der Waals surface area (Å²) in [5.41, 5.74) is 1.02. The van der Waals surface area contributed by atoms with Crippen molar-refractivity contribution < 1.29 is 14.1 Å². The number of hydrogen-bond donors (Lipinski definition) is 1. The Bertz CT molecular complexity index is 679. The summed E-state index contributed by atoms with van der Waals surface area (Å²) >= 11 is 3.36. The summed E-state index contributed by atoms with van der Waals surface area (Å²) in [6.45, 7) is 0.275. The van der Waals surface area contributed by atoms with Crippen molar-refractivity contribution in [2.75, 3.05) is 12.4 Å². The van der Waals surface area contributed by atoms with Crippen molar-refractivity contribution in [3.63, 3.8) is 0 Å². The maximum absolute atomic E-state index is 13.3. The SMILES string of the molecule is COc1ccc(NCc2cc(F)cc([N+](=O)[O-])c2)cc1Br. The van der Waals surface area contributed by atoms with Crippen LogP contribution in [0.3, 0.4) is 0 Å². The van der Waals surface area contributed by atoms with Crippen LogP contribution in [-0.2, 0) is 6.54 Å². The van der Waals surface area contributed by atoms with Gasteiger partial charge < -0.3 is 10.1 Å². The number of hydrogen-bond acceptors (Lipinski definition) is 4. The number of anilines is 1. The van der Waals surface area contributed by atoms with Gasteiger partial charge in [-0.2, -0.15) is 0 Å². The van der Waals surface area contributed by atoms with E-state index in [0.717, 1.165) is 16.2 Å². The van der Waals surface area contributed by atoms with Crippen molar-refractivity contribution in [2.45, 2.75) is 6.54 Å². The Morgan fingerprint density at radius 1 is 1.33 bits per heavy atom. The molecule has 0 spiro atoms. The first kappa shape index (κ1) is 15.2. The zero-order valence-electron chi connectivity index (χ0n) is 11.1. The second-order valence-corrected chi connectivity index (χ2v) is 5.13. The quantitative estimate of drug-likeness (QED) is 0.647. The molecule has 0 aromatic heterocycles. The van der Waals surface area contributed by atoms with Gasteiger partial charge in [-0.05, 0) is 45.8 Å². The van der Waals surface area contributed by atoms with Crippen molar-refractivity contribution in [3.8, 4) is 5.75 Å². The van der Waals surface area contributed by atoms with Crippen molar-refractivity contribution in [3.05, 3.63) is 62.4 Å². The highest BCUT2D eigenvalue weighted by Gasteiger charge is 2.10. The first-order valence-electron chi connectivity index (χ1n) is 6.01. The van der Waals surface area contributed by atoms with E-state index >= 15 is 0 Å². The highest BCUT2D eigenvalue weighted by molar-refractivity contribution is 9.10. The molecule has 21 heavy (non-hydrogen) atoms. The lowest BCUT2D eigenvalue weighted by Crippen LogP contribution is -2.01. The summed E-state index contributed by atoms with van der Waals surface area (Å²) in [5, 5.41) is 13.8. The number of nitro benzene ring substituents is 1. The van der Waals surface area contributed by atoms with E-state index in [9.17, 15) is 14.5 Å². The van der Waals surface area contributed by atoms with Gasteiger partial charge in [0.15, 0.2) is 0 Å². The summed E-state index contributed by atoms with van der Waals surface area (Å²) in [5.74, 6) is 0.0684. The molecule has 7 heteroatoms. The van der Waals surface area contributed by atoms with Crippen LogP contribution in [0.15, 0.2) is 40.9 Å². The highest BCUT2D eigenvalue weighted by Crippen LogP contribution is 2.28. The molecule has 2 aromatic rings. The summed E-state index contributed by atoms with van der Waals surface area (Å²) in [6.07, 6.45) is 0. The minimum absolute atomic E-state index is 0.261. The minimum Gasteiger partial charge on any atom is -0.496 e. The zero-order valence-corrected chi connectivity index (χ0v) is 12.7. The monoisotopic (exact) mass is 354 g/mol. The molecule has 0 saturated heterocycles. The molecule has 0 atom stereocenters. The first-order valence-corrected chi connectivity index (χ1v) is 6.80. The molecule has 0 radical (unpaired) electrons. The number of methoxy groups -OCH3 is 1. The molecule has 0 aliphatic heterocycles. The molecular formula is C14H12BrFN2O3. The molecule has 0 bridgehead atoms. The molecule has 0 amide bonds. The van der Waals surface area contributed by atoms with Crippen molar-refractivity contribution in [1.82, 2.24) is 0 Å². The summed E-state index contributed by atoms with van der Waals surface area (Å²) in [6, 6.07) is 8.89. The average molecular weight is 355 g/mol. The van der Waals surface area contributed by atoms with Crippen molar-refractivity contribution in [1.29, 1.82) is 0 Å². The van der Waals surface area contributed by atoms with Crippen LogP contribution in [0.1, 0.15) is 5.56 Å². The number of nitro groups is 1. The molecule has 110 valence electrons. The zero-order chi connectivity index (χ0) is 15.4. The molecule has 2 aromatic carbocycles. The first-order chi connectivity index (χ1) is 9.99. The third kappa shape index (κ3) is 3.91. The van der Waals surface area contributed by atoms with Crippen LogP contribution in [-0.4, -0.2) is 12.0 Å². The van der Waals surface area contributed by atoms with Crippen molar-refractivity contribution >= 4 is 27.3 Å². The smallest absolute Gasteiger partial charge is 0.272 e. The van der Waals surface area contributed by atoms with E-state index in [1.807, 2.05) is 6.07 Å². The van der Waals surface area contributed by atoms with E-state index in [0.29, 0.717) is 11.3 Å². The molecular weight excluding hydrogens is 343 g/mol. The van der Waals surface area contributed by atoms with Crippen LogP contribution in [0, 0.1) is 15.9 Å². The maximum atomic E-state index is 13.3. The topological polar surface area (TPSA) is 64.4 Å². The van der Waals surface area contributed by atoms with Gasteiger partial charge in [-0.15, -0.1) is 0 Å². The fourth-order valence-electron chi connectivity index (χ4n) is 1.82. The van der Waals surface area contributed by atoms with Gasteiger partial charge >= 0.3 is 0 Å². The third-order valence-corrected chi connectivity index (χ3v) is 3.42. The number of nitrogens with one attached hydrogen (secondary N) is 1. The van der Waals surface area contributed by atoms with E-state index in [2.05, 4.69) is 21.2 Å². The number of rotatable bonds is 5. The molecule has 0 saturated carbocycles. The maximum Gasteiger partial charge on any atom is 0.272 e. The van der Waals surface area contributed by atoms with E-state index in [1.165, 1.54) is 12.1 Å². The average Bonchev–Trinajstić information content (AvgIpc) is 2.44. The Labute approximate surface area is 129 Å². The van der Waals surface area contributed by atoms with Crippen LogP contribution >= 0.6 is 15.9 Å². The predicted molar refractivity (Wildman–Crippen MR) is 81.1 cm³/mol. The van der Waals surface area contributed by atoms with Crippen LogP contribution in [0.4, 0.5) is 15.8 Å². The standard InChI is InChI=1S/C14H12BrFN2O3/c1-21-14-3-2-11(7-13(14)15)17-8-9-4-10(16)6-12(5-9)18(19)20/h2-7,17H,8H2,1H3. The van der Waals surface area contributed by atoms with E-state index in [4.69, 9.17) is 4.74 Å². The van der Waals surface area contributed by atoms with Gasteiger partial charge in [0.05, 0.1) is 22.6 Å². The van der Waals surface area contributed by atoms with Gasteiger partial charge in [-0.3, -0.25) is 10.1 Å². The summed E-state index contributed by atoms with van der Waals surface area (Å²) in [7, 11) is 1.57. The fraction of sp³-hybridized carbons (Fsp3) is 0.143. The number of halogens is 2. The number of non-ortho nitro benzene ring substituents is 1. The van der Waals surface area contributed by atoms with Crippen LogP contribution in [0.25, 0.3) is 0 Å². The normalized spacial score (nSPS) is 10.2. The van der Waals surface area contributed by atoms with E-state index in [-0.39, 0.29) is 12.2 Å². The lowest BCUT2D eigenvalue weighted by Gasteiger charge is -2.09. The Kier molecular flexibility index (Phi) is 4.74. The molecule has 0 aliphatic carbocycles. The Hall–Kier alpha value is -2.15. The summed E-state index contributed by atoms with van der Waals surface area (Å²) < 4.78 is 19.2. The lowest BCUT2D eigenvalue weighted by atomic mass is 10.2. The Morgan fingerprint density at radius 3 is 2.71 bits per heavy atom.